The highest BCUT2D eigenvalue weighted by molar-refractivity contribution is 5.94. The summed E-state index contributed by atoms with van der Waals surface area (Å²) in [4.78, 5) is 49.1. The van der Waals surface area contributed by atoms with E-state index in [1.807, 2.05) is 0 Å². The Morgan fingerprint density at radius 3 is 2.25 bits per heavy atom. The van der Waals surface area contributed by atoms with Crippen LogP contribution in [0, 0.1) is 0 Å². The molecule has 32 heavy (non-hydrogen) atoms. The fraction of sp³-hybridized carbons (Fsp3) is 0.524. The van der Waals surface area contributed by atoms with E-state index in [9.17, 15) is 34.5 Å². The van der Waals surface area contributed by atoms with Gasteiger partial charge in [0.25, 0.3) is 0 Å². The number of amides is 3. The van der Waals surface area contributed by atoms with Gasteiger partial charge in [-0.05, 0) is 31.9 Å². The number of benzene rings is 1. The van der Waals surface area contributed by atoms with Crippen LogP contribution in [0.2, 0.25) is 0 Å². The van der Waals surface area contributed by atoms with Gasteiger partial charge in [-0.2, -0.15) is 0 Å². The molecule has 1 aliphatic rings. The number of nitrogens with one attached hydrogen (secondary N) is 4. The number of carboxylic acid groups (broad SMARTS) is 1. The van der Waals surface area contributed by atoms with Crippen LogP contribution in [0.15, 0.2) is 30.3 Å². The molecule has 0 saturated carbocycles. The smallest absolute Gasteiger partial charge is 0.328 e. The molecule has 0 bridgehead atoms. The van der Waals surface area contributed by atoms with Gasteiger partial charge in [0.1, 0.15) is 12.1 Å². The van der Waals surface area contributed by atoms with Gasteiger partial charge in [0.15, 0.2) is 6.04 Å². The highest BCUT2D eigenvalue weighted by Crippen LogP contribution is 2.07. The summed E-state index contributed by atoms with van der Waals surface area (Å²) in [5.41, 5.74) is 0.691. The third kappa shape index (κ3) is 7.29. The van der Waals surface area contributed by atoms with Crippen LogP contribution in [0.4, 0.5) is 0 Å². The van der Waals surface area contributed by atoms with Crippen molar-refractivity contribution in [1.29, 1.82) is 0 Å². The lowest BCUT2D eigenvalue weighted by Gasteiger charge is -2.25. The molecular formula is C21H30N4O7. The molecule has 0 spiro atoms. The molecule has 0 aromatic heterocycles. The van der Waals surface area contributed by atoms with E-state index in [1.165, 1.54) is 6.92 Å². The van der Waals surface area contributed by atoms with Gasteiger partial charge in [-0.25, -0.2) is 4.79 Å². The van der Waals surface area contributed by atoms with Crippen LogP contribution >= 0.6 is 0 Å². The predicted molar refractivity (Wildman–Crippen MR) is 113 cm³/mol. The van der Waals surface area contributed by atoms with E-state index in [0.29, 0.717) is 18.5 Å². The number of aliphatic carboxylic acids is 1. The van der Waals surface area contributed by atoms with Crippen LogP contribution in [-0.2, 0) is 25.6 Å². The lowest BCUT2D eigenvalue weighted by Crippen LogP contribution is -2.59. The number of hydrogen-bond donors (Lipinski definition) is 7. The second-order valence-corrected chi connectivity index (χ2v) is 7.71. The Labute approximate surface area is 185 Å². The van der Waals surface area contributed by atoms with Crippen LogP contribution in [0.5, 0.6) is 0 Å². The Morgan fingerprint density at radius 2 is 1.72 bits per heavy atom. The molecule has 5 atom stereocenters. The normalized spacial score (nSPS) is 19.3. The first kappa shape index (κ1) is 25.2. The van der Waals surface area contributed by atoms with E-state index < -0.39 is 60.6 Å². The molecule has 1 aromatic carbocycles. The molecule has 11 nitrogen and oxygen atoms in total. The molecular weight excluding hydrogens is 420 g/mol. The Kier molecular flexibility index (Phi) is 9.57. The van der Waals surface area contributed by atoms with Crippen molar-refractivity contribution in [2.75, 3.05) is 13.2 Å². The number of hydrogen-bond acceptors (Lipinski definition) is 7. The molecule has 1 aromatic rings. The lowest BCUT2D eigenvalue weighted by molar-refractivity contribution is -0.145. The highest BCUT2D eigenvalue weighted by Gasteiger charge is 2.32. The first-order valence-corrected chi connectivity index (χ1v) is 10.4. The van der Waals surface area contributed by atoms with E-state index in [4.69, 9.17) is 0 Å². The van der Waals surface area contributed by atoms with Gasteiger partial charge >= 0.3 is 5.97 Å². The summed E-state index contributed by atoms with van der Waals surface area (Å²) in [6.07, 6.45) is 0.0935. The van der Waals surface area contributed by atoms with E-state index >= 15 is 0 Å². The summed E-state index contributed by atoms with van der Waals surface area (Å²) < 4.78 is 0. The molecule has 5 unspecified atom stereocenters. The van der Waals surface area contributed by atoms with Gasteiger partial charge in [-0.15, -0.1) is 0 Å². The zero-order chi connectivity index (χ0) is 23.7. The van der Waals surface area contributed by atoms with Gasteiger partial charge in [0, 0.05) is 6.42 Å². The van der Waals surface area contributed by atoms with Crippen molar-refractivity contribution >= 4 is 23.7 Å². The van der Waals surface area contributed by atoms with Gasteiger partial charge in [-0.1, -0.05) is 30.3 Å². The van der Waals surface area contributed by atoms with Gasteiger partial charge in [0.05, 0.1) is 18.8 Å². The van der Waals surface area contributed by atoms with Crippen LogP contribution in [0.1, 0.15) is 25.3 Å². The van der Waals surface area contributed by atoms with Crippen LogP contribution in [0.3, 0.4) is 0 Å². The monoisotopic (exact) mass is 450 g/mol. The second kappa shape index (κ2) is 12.1. The predicted octanol–water partition coefficient (Wildman–Crippen LogP) is -2.11. The second-order valence-electron chi connectivity index (χ2n) is 7.71. The van der Waals surface area contributed by atoms with Gasteiger partial charge in [0.2, 0.25) is 17.7 Å². The minimum atomic E-state index is -1.57. The molecule has 1 aliphatic heterocycles. The number of carboxylic acids is 1. The molecule has 1 heterocycles. The Balaban J connectivity index is 2.12. The average molecular weight is 450 g/mol. The zero-order valence-corrected chi connectivity index (χ0v) is 17.8. The molecule has 11 heteroatoms. The van der Waals surface area contributed by atoms with Crippen molar-refractivity contribution in [3.05, 3.63) is 35.9 Å². The minimum Gasteiger partial charge on any atom is -0.480 e. The summed E-state index contributed by atoms with van der Waals surface area (Å²) in [5.74, 6) is -3.47. The topological polar surface area (TPSA) is 177 Å². The Morgan fingerprint density at radius 1 is 1.06 bits per heavy atom. The highest BCUT2D eigenvalue weighted by atomic mass is 16.4. The summed E-state index contributed by atoms with van der Waals surface area (Å²) in [6, 6.07) is 4.20. The third-order valence-electron chi connectivity index (χ3n) is 5.15. The number of rotatable bonds is 11. The molecule has 0 radical (unpaired) electrons. The van der Waals surface area contributed by atoms with Gasteiger partial charge < -0.3 is 36.6 Å². The maximum Gasteiger partial charge on any atom is 0.328 e. The van der Waals surface area contributed by atoms with E-state index in [1.54, 1.807) is 30.3 Å². The van der Waals surface area contributed by atoms with Crippen LogP contribution in [-0.4, -0.2) is 82.4 Å². The fourth-order valence-electron chi connectivity index (χ4n) is 3.35. The molecule has 1 saturated heterocycles. The molecule has 1 fully saturated rings. The maximum atomic E-state index is 12.8. The third-order valence-corrected chi connectivity index (χ3v) is 5.15. The largest absolute Gasteiger partial charge is 0.480 e. The van der Waals surface area contributed by atoms with Crippen molar-refractivity contribution in [1.82, 2.24) is 21.3 Å². The number of carbonyl (C=O) groups excluding carboxylic acids is 3. The van der Waals surface area contributed by atoms with Gasteiger partial charge in [-0.3, -0.25) is 14.4 Å². The summed E-state index contributed by atoms with van der Waals surface area (Å²) in [6.45, 7) is 1.22. The summed E-state index contributed by atoms with van der Waals surface area (Å²) >= 11 is 0. The first-order chi connectivity index (χ1) is 15.2. The molecule has 176 valence electrons. The van der Waals surface area contributed by atoms with Crippen molar-refractivity contribution in [3.63, 3.8) is 0 Å². The lowest BCUT2D eigenvalue weighted by atomic mass is 10.0. The van der Waals surface area contributed by atoms with E-state index in [2.05, 4.69) is 21.3 Å². The summed E-state index contributed by atoms with van der Waals surface area (Å²) in [5, 5.41) is 38.6. The average Bonchev–Trinajstić information content (AvgIpc) is 3.30. The van der Waals surface area contributed by atoms with Crippen LogP contribution in [0.25, 0.3) is 0 Å². The SMILES string of the molecule is CC(O)C(NC(=O)C(Cc1ccccc1)NC(=O)C(CO)NC(=O)C1CCCN1)C(=O)O. The number of carbonyl (C=O) groups is 4. The quantitative estimate of drug-likeness (QED) is 0.200. The number of aliphatic hydroxyl groups is 2. The minimum absolute atomic E-state index is 0.0286. The first-order valence-electron chi connectivity index (χ1n) is 10.4. The van der Waals surface area contributed by atoms with Crippen LogP contribution < -0.4 is 21.3 Å². The van der Waals surface area contributed by atoms with Crippen molar-refractivity contribution in [2.24, 2.45) is 0 Å². The Hall–Kier alpha value is -3.02. The zero-order valence-electron chi connectivity index (χ0n) is 17.8. The standard InChI is InChI=1S/C21H30N4O7/c1-12(27)17(21(31)32)25-19(29)15(10-13-6-3-2-4-7-13)23-20(30)16(11-26)24-18(28)14-8-5-9-22-14/h2-4,6-7,12,14-17,22,26-27H,5,8-11H2,1H3,(H,23,30)(H,24,28)(H,25,29)(H,31,32). The fourth-order valence-corrected chi connectivity index (χ4v) is 3.35. The summed E-state index contributed by atoms with van der Waals surface area (Å²) in [7, 11) is 0. The van der Waals surface area contributed by atoms with E-state index in [-0.39, 0.29) is 6.42 Å². The van der Waals surface area contributed by atoms with Crippen molar-refractivity contribution in [3.8, 4) is 0 Å². The van der Waals surface area contributed by atoms with Crippen molar-refractivity contribution < 1.29 is 34.5 Å². The molecule has 7 N–H and O–H groups in total. The van der Waals surface area contributed by atoms with E-state index in [0.717, 1.165) is 6.42 Å². The molecule has 3 amide bonds. The molecule has 2 rings (SSSR count). The maximum absolute atomic E-state index is 12.8. The number of aliphatic hydroxyl groups excluding tert-OH is 2. The molecule has 0 aliphatic carbocycles. The van der Waals surface area contributed by atoms with Crippen molar-refractivity contribution in [2.45, 2.75) is 56.5 Å². The Bertz CT molecular complexity index is 797.